The molecule has 0 spiro atoms. The summed E-state index contributed by atoms with van der Waals surface area (Å²) in [7, 11) is 0. The summed E-state index contributed by atoms with van der Waals surface area (Å²) in [5, 5.41) is 42.9. The molecule has 618 valence electrons. The lowest BCUT2D eigenvalue weighted by atomic mass is 9.97. The monoisotopic (exact) mass is 1630 g/mol. The molecule has 3 aliphatic rings. The summed E-state index contributed by atoms with van der Waals surface area (Å²) in [4.78, 5) is 191. The molecule has 24 N–H and O–H groups in total. The van der Waals surface area contributed by atoms with E-state index in [0.717, 1.165) is 14.7 Å². The largest absolute Gasteiger partial charge is 0.370 e. The number of guanidine groups is 3. The molecule has 113 heavy (non-hydrogen) atoms. The van der Waals surface area contributed by atoms with Gasteiger partial charge in [0.25, 0.3) is 35.4 Å². The molecule has 0 saturated carbocycles. The van der Waals surface area contributed by atoms with Crippen LogP contribution in [-0.4, -0.2) is 212 Å². The molecule has 3 aromatic carbocycles. The van der Waals surface area contributed by atoms with Crippen molar-refractivity contribution in [2.75, 3.05) is 39.3 Å². The van der Waals surface area contributed by atoms with Crippen molar-refractivity contribution < 1.29 is 71.9 Å². The van der Waals surface area contributed by atoms with Crippen molar-refractivity contribution in [3.63, 3.8) is 0 Å². The average molecular weight is 1630 g/mol. The van der Waals surface area contributed by atoms with E-state index in [-0.39, 0.29) is 123 Å². The first-order valence-electron chi connectivity index (χ1n) is 37.3. The average Bonchev–Trinajstić information content (AvgIpc) is 1.65. The molecule has 3 aromatic rings. The lowest BCUT2D eigenvalue weighted by Crippen LogP contribution is -2.56. The molecule has 0 aromatic heterocycles. The normalized spacial score (nSPS) is 15.2. The van der Waals surface area contributed by atoms with Gasteiger partial charge in [0, 0.05) is 39.3 Å². The molecule has 3 heterocycles. The maximum atomic E-state index is 13.0. The van der Waals surface area contributed by atoms with Crippen LogP contribution in [0.1, 0.15) is 199 Å². The number of nitrogens with two attached hydrogens (primary N) is 6. The van der Waals surface area contributed by atoms with E-state index in [1.165, 1.54) is 0 Å². The number of rotatable bonds is 45. The highest BCUT2D eigenvalue weighted by Crippen LogP contribution is 2.27. The number of nitrogens with zero attached hydrogens (tertiary/aromatic N) is 3. The van der Waals surface area contributed by atoms with Crippen molar-refractivity contribution in [2.24, 2.45) is 46.2 Å². The van der Waals surface area contributed by atoms with Crippen LogP contribution in [0.2, 0.25) is 0 Å². The third-order valence-corrected chi connectivity index (χ3v) is 19.9. The molecule has 36 nitrogen and oxygen atoms in total. The Balaban J connectivity index is 0.000000357. The van der Waals surface area contributed by atoms with Crippen LogP contribution in [-0.2, 0) is 43.2 Å². The van der Waals surface area contributed by atoms with Gasteiger partial charge in [-0.2, -0.15) is 37.9 Å². The van der Waals surface area contributed by atoms with Crippen molar-refractivity contribution in [1.82, 2.24) is 62.6 Å². The number of amides is 15. The highest BCUT2D eigenvalue weighted by molar-refractivity contribution is 7.82. The van der Waals surface area contributed by atoms with Crippen molar-refractivity contribution >= 4 is 144 Å². The second-order valence-electron chi connectivity index (χ2n) is 27.6. The van der Waals surface area contributed by atoms with E-state index in [1.54, 1.807) is 79.7 Å². The number of hydrogen-bond donors (Lipinski definition) is 21. The zero-order valence-electron chi connectivity index (χ0n) is 64.1. The maximum absolute atomic E-state index is 13.0. The van der Waals surface area contributed by atoms with Crippen LogP contribution in [0, 0.1) is 28.1 Å². The summed E-state index contributed by atoms with van der Waals surface area (Å²) < 4.78 is 0. The molecule has 0 saturated heterocycles. The van der Waals surface area contributed by atoms with E-state index in [4.69, 9.17) is 50.6 Å². The predicted molar refractivity (Wildman–Crippen MR) is 432 cm³/mol. The number of hydrogen-bond acceptors (Lipinski definition) is 21. The number of carbonyl (C=O) groups is 15. The van der Waals surface area contributed by atoms with Gasteiger partial charge in [0.05, 0.1) is 49.1 Å². The second-order valence-corrected chi connectivity index (χ2v) is 29.5. The van der Waals surface area contributed by atoms with Crippen LogP contribution in [0.5, 0.6) is 0 Å². The Morgan fingerprint density at radius 3 is 0.894 bits per heavy atom. The van der Waals surface area contributed by atoms with Gasteiger partial charge in [-0.15, -0.1) is 0 Å². The van der Waals surface area contributed by atoms with Gasteiger partial charge in [-0.05, 0) is 138 Å². The van der Waals surface area contributed by atoms with Crippen LogP contribution >= 0.6 is 37.9 Å². The summed E-state index contributed by atoms with van der Waals surface area (Å²) >= 11 is 13.1. The second kappa shape index (κ2) is 47.5. The minimum atomic E-state index is -0.953. The quantitative estimate of drug-likeness (QED) is 0.0118. The molecule has 10 atom stereocenters. The fourth-order valence-electron chi connectivity index (χ4n) is 12.0. The molecule has 6 rings (SSSR count). The molecule has 0 bridgehead atoms. The first-order valence-corrected chi connectivity index (χ1v) is 38.8. The number of thiol groups is 3. The Kier molecular flexibility index (Phi) is 39.8. The topological polar surface area (TPSA) is 602 Å². The molecular formula is C74H109N21O15S3. The predicted octanol–water partition coefficient (Wildman–Crippen LogP) is 0.130. The third-order valence-electron chi connectivity index (χ3n) is 18.4. The summed E-state index contributed by atoms with van der Waals surface area (Å²) in [6.07, 6.45) is 5.71. The Hall–Kier alpha value is -10.8. The molecule has 0 radical (unpaired) electrons. The number of imide groups is 3. The third kappa shape index (κ3) is 30.0. The fraction of sp³-hybridized carbons (Fsp3) is 0.514. The highest BCUT2D eigenvalue weighted by atomic mass is 32.1. The van der Waals surface area contributed by atoms with Gasteiger partial charge in [0.1, 0.15) is 36.3 Å². The Bertz CT molecular complexity index is 3840. The van der Waals surface area contributed by atoms with Crippen LogP contribution in [0.3, 0.4) is 0 Å². The van der Waals surface area contributed by atoms with Gasteiger partial charge < -0.3 is 82.3 Å². The zero-order chi connectivity index (χ0) is 84.3. The molecular weight excluding hydrogens is 1520 g/mol. The lowest BCUT2D eigenvalue weighted by Gasteiger charge is -2.27. The van der Waals surface area contributed by atoms with Crippen LogP contribution < -0.4 is 82.3 Å². The molecule has 0 fully saturated rings. The Labute approximate surface area is 672 Å². The number of fused-ring (bicyclic) bond motifs is 3. The number of benzene rings is 3. The van der Waals surface area contributed by atoms with E-state index >= 15 is 0 Å². The minimum absolute atomic E-state index is 0.0602. The van der Waals surface area contributed by atoms with E-state index in [1.807, 2.05) is 27.7 Å². The SMILES string of the molecule is CC(C)C[C@H](NC(=O)C(S)CCCN1C(=O)c2ccccc2C1=O)C(=O)N[C@@H](CCCNC(=N)N)C(N)=O.CCC[C@H](NC(=O)C(S)CCCN1C(=O)c2ccccc2C1=O)C(=O)N[C@@H](CCCNC(=N)N)C(N)=O.CC[C@H](C)[C@H](NC(=O)C(S)CCCN1C(=O)c2ccccc2C1=O)C(=O)N[C@@H](CCCNC(=N)N)C(N)=O. The highest BCUT2D eigenvalue weighted by Gasteiger charge is 2.39. The van der Waals surface area contributed by atoms with Crippen molar-refractivity contribution in [2.45, 2.75) is 189 Å². The van der Waals surface area contributed by atoms with E-state index < -0.39 is 105 Å². The molecule has 39 heteroatoms. The van der Waals surface area contributed by atoms with Crippen LogP contribution in [0.25, 0.3) is 0 Å². The number of carbonyl (C=O) groups excluding carboxylic acids is 15. The van der Waals surface area contributed by atoms with Gasteiger partial charge in [0.15, 0.2) is 17.9 Å². The van der Waals surface area contributed by atoms with Crippen molar-refractivity contribution in [1.29, 1.82) is 16.2 Å². The summed E-state index contributed by atoms with van der Waals surface area (Å²) in [6.45, 7) is 10.8. The number of nitrogens with one attached hydrogen (secondary N) is 12. The minimum Gasteiger partial charge on any atom is -0.370 e. The summed E-state index contributed by atoms with van der Waals surface area (Å²) in [5.74, 6) is -8.12. The zero-order valence-corrected chi connectivity index (χ0v) is 66.8. The summed E-state index contributed by atoms with van der Waals surface area (Å²) in [6, 6.07) is 14.3. The standard InChI is InChI=1S/2C25H37N7O5S.C24H35N7O5S/c1-14(2)13-18(21(34)30-17(20(26)33)9-5-11-29-25(27)28)31-22(35)19(38)10-6-12-32-23(36)15-7-3-4-8-16(15)24(32)37;1-3-14(2)19(22(35)30-17(20(26)33)10-6-12-29-25(27)28)31-21(34)18(38)11-7-13-32-23(36)15-8-4-5-9-16(15)24(32)37;1-2-7-17(20(33)29-16(19(25)32)10-5-12-28-24(26)27)30-21(34)18(37)11-6-13-31-22(35)14-8-3-4-9-15(14)23(31)36/h3-4,7-8,14,17-19,38H,5-6,9-13H2,1-2H3,(H2,26,33)(H,30,34)(H,31,35)(H4,27,28,29);4-5,8-9,14,17-19,38H,3,6-7,10-13H2,1-2H3,(H2,26,33)(H,30,35)(H,31,34)(H4,27,28,29);3-4,8-9,16-18,37H,2,5-7,10-13H2,1H3,(H2,25,32)(H,29,33)(H,30,34)(H4,26,27,28)/t17-,18-,19?;14-,17-,18?,19-;16-,17-,18?/m000/s1. The smallest absolute Gasteiger partial charge is 0.261 e. The first kappa shape index (κ1) is 94.5. The molecule has 0 aliphatic carbocycles. The van der Waals surface area contributed by atoms with Gasteiger partial charge in [-0.25, -0.2) is 0 Å². The summed E-state index contributed by atoms with van der Waals surface area (Å²) in [5.41, 5.74) is 34.2. The van der Waals surface area contributed by atoms with Gasteiger partial charge >= 0.3 is 0 Å². The van der Waals surface area contributed by atoms with Crippen molar-refractivity contribution in [3.05, 3.63) is 106 Å². The van der Waals surface area contributed by atoms with Crippen LogP contribution in [0.4, 0.5) is 0 Å². The van der Waals surface area contributed by atoms with Gasteiger partial charge in [-0.1, -0.05) is 83.9 Å². The van der Waals surface area contributed by atoms with Gasteiger partial charge in [-0.3, -0.25) is 103 Å². The van der Waals surface area contributed by atoms with E-state index in [2.05, 4.69) is 85.7 Å². The molecule has 3 aliphatic heterocycles. The molecule has 15 amide bonds. The van der Waals surface area contributed by atoms with Crippen molar-refractivity contribution in [3.8, 4) is 0 Å². The maximum Gasteiger partial charge on any atom is 0.261 e. The van der Waals surface area contributed by atoms with Gasteiger partial charge in [0.2, 0.25) is 53.2 Å². The Morgan fingerprint density at radius 2 is 0.628 bits per heavy atom. The van der Waals surface area contributed by atoms with E-state index in [0.29, 0.717) is 117 Å². The van der Waals surface area contributed by atoms with Crippen LogP contribution in [0.15, 0.2) is 72.8 Å². The Morgan fingerprint density at radius 1 is 0.363 bits per heavy atom. The first-order chi connectivity index (χ1) is 53.4. The number of primary amides is 3. The fourth-order valence-corrected chi connectivity index (χ4v) is 12.8. The lowest BCUT2D eigenvalue weighted by molar-refractivity contribution is -0.132. The van der Waals surface area contributed by atoms with E-state index in [9.17, 15) is 71.9 Å². The molecule has 3 unspecified atom stereocenters.